The smallest absolute Gasteiger partial charge is 0.261 e. The van der Waals surface area contributed by atoms with Gasteiger partial charge in [0.05, 0.1) is 29.7 Å². The van der Waals surface area contributed by atoms with Crippen molar-refractivity contribution in [3.63, 3.8) is 0 Å². The highest BCUT2D eigenvalue weighted by Gasteiger charge is 2.22. The fraction of sp³-hybridized carbons (Fsp3) is 0.316. The van der Waals surface area contributed by atoms with Crippen LogP contribution < -0.4 is 10.0 Å². The van der Waals surface area contributed by atoms with Gasteiger partial charge < -0.3 is 10.1 Å². The van der Waals surface area contributed by atoms with Crippen LogP contribution in [0.1, 0.15) is 30.5 Å². The number of benzene rings is 2. The van der Waals surface area contributed by atoms with Crippen LogP contribution in [-0.2, 0) is 32.6 Å². The van der Waals surface area contributed by atoms with E-state index < -0.39 is 10.0 Å². The van der Waals surface area contributed by atoms with Crippen molar-refractivity contribution in [2.45, 2.75) is 44.8 Å². The van der Waals surface area contributed by atoms with Gasteiger partial charge in [-0.05, 0) is 61.7 Å². The second-order valence-corrected chi connectivity index (χ2v) is 8.28. The van der Waals surface area contributed by atoms with E-state index >= 15 is 0 Å². The number of fused-ring (bicyclic) bond motifs is 1. The molecule has 2 aromatic carbocycles. The largest absolute Gasteiger partial charge is 0.374 e. The first-order valence-corrected chi connectivity index (χ1v) is 9.90. The van der Waals surface area contributed by atoms with Crippen molar-refractivity contribution in [3.05, 3.63) is 53.1 Å². The van der Waals surface area contributed by atoms with Crippen LogP contribution in [0.25, 0.3) is 0 Å². The molecule has 7 heteroatoms. The summed E-state index contributed by atoms with van der Waals surface area (Å²) in [4.78, 5) is 11.6. The van der Waals surface area contributed by atoms with Crippen molar-refractivity contribution in [3.8, 4) is 0 Å². The van der Waals surface area contributed by atoms with E-state index in [-0.39, 0.29) is 23.3 Å². The highest BCUT2D eigenvalue weighted by Crippen LogP contribution is 2.28. The summed E-state index contributed by atoms with van der Waals surface area (Å²) in [5.74, 6) is -0.129. The average Bonchev–Trinajstić information content (AvgIpc) is 2.94. The number of carbonyl (C=O) groups excluding carboxylic acids is 1. The second-order valence-electron chi connectivity index (χ2n) is 6.60. The molecule has 0 aromatic heterocycles. The van der Waals surface area contributed by atoms with Crippen molar-refractivity contribution in [1.29, 1.82) is 0 Å². The Labute approximate surface area is 153 Å². The zero-order chi connectivity index (χ0) is 18.9. The third-order valence-electron chi connectivity index (χ3n) is 4.27. The van der Waals surface area contributed by atoms with Crippen LogP contribution in [0, 0.1) is 6.92 Å². The van der Waals surface area contributed by atoms with E-state index in [1.165, 1.54) is 12.1 Å². The van der Waals surface area contributed by atoms with Crippen LogP contribution in [0.2, 0.25) is 0 Å². The third kappa shape index (κ3) is 3.89. The molecule has 0 aliphatic carbocycles. The zero-order valence-corrected chi connectivity index (χ0v) is 15.8. The zero-order valence-electron chi connectivity index (χ0n) is 15.0. The molecule has 1 heterocycles. The van der Waals surface area contributed by atoms with Gasteiger partial charge in [-0.25, -0.2) is 8.42 Å². The van der Waals surface area contributed by atoms with Crippen LogP contribution in [0.4, 0.5) is 11.4 Å². The van der Waals surface area contributed by atoms with Crippen LogP contribution in [-0.4, -0.2) is 20.4 Å². The fourth-order valence-corrected chi connectivity index (χ4v) is 3.96. The molecule has 1 aliphatic rings. The molecule has 0 unspecified atom stereocenters. The first-order valence-electron chi connectivity index (χ1n) is 8.42. The van der Waals surface area contributed by atoms with Gasteiger partial charge in [0.2, 0.25) is 5.91 Å². The molecule has 1 aliphatic heterocycles. The van der Waals surface area contributed by atoms with Crippen LogP contribution in [0.15, 0.2) is 41.3 Å². The Morgan fingerprint density at radius 1 is 1.23 bits per heavy atom. The van der Waals surface area contributed by atoms with E-state index in [2.05, 4.69) is 10.0 Å². The Morgan fingerprint density at radius 2 is 2.00 bits per heavy atom. The molecule has 0 saturated carbocycles. The molecule has 1 amide bonds. The summed E-state index contributed by atoms with van der Waals surface area (Å²) < 4.78 is 33.8. The summed E-state index contributed by atoms with van der Waals surface area (Å²) in [7, 11) is -3.75. The van der Waals surface area contributed by atoms with E-state index in [1.807, 2.05) is 26.8 Å². The van der Waals surface area contributed by atoms with Gasteiger partial charge in [0.25, 0.3) is 10.0 Å². The molecule has 0 radical (unpaired) electrons. The van der Waals surface area contributed by atoms with Crippen molar-refractivity contribution in [2.24, 2.45) is 0 Å². The van der Waals surface area contributed by atoms with E-state index in [4.69, 9.17) is 4.74 Å². The number of sulfonamides is 1. The maximum Gasteiger partial charge on any atom is 0.261 e. The summed E-state index contributed by atoms with van der Waals surface area (Å²) in [6, 6.07) is 10.1. The van der Waals surface area contributed by atoms with Gasteiger partial charge in [-0.15, -0.1) is 0 Å². The second kappa shape index (κ2) is 7.09. The molecular formula is C19H22N2O4S. The van der Waals surface area contributed by atoms with Crippen molar-refractivity contribution >= 4 is 27.3 Å². The number of ether oxygens (including phenoxy) is 1. The Hall–Kier alpha value is -2.38. The summed E-state index contributed by atoms with van der Waals surface area (Å²) in [5.41, 5.74) is 3.63. The normalized spacial score (nSPS) is 13.6. The molecule has 2 aromatic rings. The minimum Gasteiger partial charge on any atom is -0.374 e. The van der Waals surface area contributed by atoms with Crippen molar-refractivity contribution < 1.29 is 17.9 Å². The van der Waals surface area contributed by atoms with E-state index in [0.29, 0.717) is 23.5 Å². The quantitative estimate of drug-likeness (QED) is 0.813. The van der Waals surface area contributed by atoms with Crippen LogP contribution >= 0.6 is 0 Å². The maximum absolute atomic E-state index is 12.8. The Kier molecular flexibility index (Phi) is 5.02. The topological polar surface area (TPSA) is 84.5 Å². The van der Waals surface area contributed by atoms with Gasteiger partial charge in [0, 0.05) is 5.69 Å². The highest BCUT2D eigenvalue weighted by atomic mass is 32.2. The molecule has 138 valence electrons. The lowest BCUT2D eigenvalue weighted by Gasteiger charge is -2.15. The number of anilines is 2. The van der Waals surface area contributed by atoms with Crippen LogP contribution in [0.5, 0.6) is 0 Å². The highest BCUT2D eigenvalue weighted by molar-refractivity contribution is 7.92. The standard InChI is InChI=1S/C19H22N2O4S/c1-12(2)25-11-14-5-4-6-17(13(14)3)21-26(23,24)16-7-8-18-15(9-16)10-19(22)20-18/h4-9,12,21H,10-11H2,1-3H3,(H,20,22). The number of hydrogen-bond acceptors (Lipinski definition) is 4. The number of nitrogens with one attached hydrogen (secondary N) is 2. The van der Waals surface area contributed by atoms with E-state index in [0.717, 1.165) is 11.1 Å². The van der Waals surface area contributed by atoms with Gasteiger partial charge in [0.1, 0.15) is 0 Å². The molecular weight excluding hydrogens is 352 g/mol. The summed E-state index contributed by atoms with van der Waals surface area (Å²) in [6.45, 7) is 6.19. The van der Waals surface area contributed by atoms with Gasteiger partial charge in [-0.2, -0.15) is 0 Å². The predicted molar refractivity (Wildman–Crippen MR) is 101 cm³/mol. The molecule has 0 atom stereocenters. The van der Waals surface area contributed by atoms with Crippen molar-refractivity contribution in [1.82, 2.24) is 0 Å². The minimum atomic E-state index is -3.75. The van der Waals surface area contributed by atoms with Gasteiger partial charge in [0.15, 0.2) is 0 Å². The molecule has 0 saturated heterocycles. The number of carbonyl (C=O) groups is 1. The van der Waals surface area contributed by atoms with Crippen molar-refractivity contribution in [2.75, 3.05) is 10.0 Å². The minimum absolute atomic E-state index is 0.0949. The fourth-order valence-electron chi connectivity index (χ4n) is 2.78. The molecule has 6 nitrogen and oxygen atoms in total. The first-order chi connectivity index (χ1) is 12.3. The summed E-state index contributed by atoms with van der Waals surface area (Å²) in [5, 5.41) is 2.70. The van der Waals surface area contributed by atoms with E-state index in [1.54, 1.807) is 18.2 Å². The van der Waals surface area contributed by atoms with Crippen LogP contribution in [0.3, 0.4) is 0 Å². The van der Waals surface area contributed by atoms with Gasteiger partial charge >= 0.3 is 0 Å². The lowest BCUT2D eigenvalue weighted by molar-refractivity contribution is -0.115. The number of amides is 1. The Bertz CT molecular complexity index is 952. The Morgan fingerprint density at radius 3 is 2.73 bits per heavy atom. The number of rotatable bonds is 6. The lowest BCUT2D eigenvalue weighted by Crippen LogP contribution is -2.15. The molecule has 26 heavy (non-hydrogen) atoms. The molecule has 0 spiro atoms. The summed E-state index contributed by atoms with van der Waals surface area (Å²) >= 11 is 0. The predicted octanol–water partition coefficient (Wildman–Crippen LogP) is 3.22. The number of hydrogen-bond donors (Lipinski definition) is 2. The first kappa shape index (κ1) is 18.4. The molecule has 0 fully saturated rings. The Balaban J connectivity index is 1.85. The maximum atomic E-state index is 12.8. The molecule has 0 bridgehead atoms. The summed E-state index contributed by atoms with van der Waals surface area (Å²) in [6.07, 6.45) is 0.289. The molecule has 2 N–H and O–H groups in total. The van der Waals surface area contributed by atoms with E-state index in [9.17, 15) is 13.2 Å². The monoisotopic (exact) mass is 374 g/mol. The molecule has 3 rings (SSSR count). The average molecular weight is 374 g/mol. The third-order valence-corrected chi connectivity index (χ3v) is 5.64. The SMILES string of the molecule is Cc1c(COC(C)C)cccc1NS(=O)(=O)c1ccc2c(c1)CC(=O)N2. The van der Waals surface area contributed by atoms with Gasteiger partial charge in [-0.1, -0.05) is 12.1 Å². The van der Waals surface area contributed by atoms with Gasteiger partial charge in [-0.3, -0.25) is 9.52 Å². The lowest BCUT2D eigenvalue weighted by atomic mass is 10.1.